The molecule has 1 aliphatic heterocycles. The third kappa shape index (κ3) is 28.6. The van der Waals surface area contributed by atoms with E-state index in [0.29, 0.717) is 0 Å². The van der Waals surface area contributed by atoms with Crippen molar-refractivity contribution >= 4 is 50.0 Å². The molecule has 0 spiro atoms. The summed E-state index contributed by atoms with van der Waals surface area (Å²) in [5, 5.41) is 4.58. The first-order chi connectivity index (χ1) is 6.52. The van der Waals surface area contributed by atoms with Gasteiger partial charge >= 0.3 is 77.4 Å². The standard InChI is InChI=1S/CH5N3.Ga.2H2O4Se.6H2O/c2-1(3)4;;2*1-5(2,3)4;;;;;;/h(H5,2,3,4);;2*(H2,1,2,3,4);6*1H2/q;+3;;;;;;;;/p-3. The van der Waals surface area contributed by atoms with Crippen molar-refractivity contribution in [3.05, 3.63) is 0 Å². The van der Waals surface area contributed by atoms with Crippen LogP contribution < -0.4 is 21.1 Å². The van der Waals surface area contributed by atoms with Gasteiger partial charge in [0.25, 0.3) is 0 Å². The minimum absolute atomic E-state index is 0. The second-order valence-corrected chi connectivity index (χ2v) is 14.0. The Morgan fingerprint density at radius 2 is 1.29 bits per heavy atom. The topological polar surface area (TPSA) is 386 Å². The van der Waals surface area contributed by atoms with Gasteiger partial charge in [-0.15, -0.1) is 0 Å². The summed E-state index contributed by atoms with van der Waals surface area (Å²) >= 11 is -13.9. The van der Waals surface area contributed by atoms with Gasteiger partial charge < -0.3 is 32.9 Å². The van der Waals surface area contributed by atoms with E-state index in [9.17, 15) is 19.5 Å². The van der Waals surface area contributed by atoms with E-state index < -0.39 is 44.0 Å². The van der Waals surface area contributed by atoms with E-state index in [-0.39, 0.29) is 38.8 Å². The van der Waals surface area contributed by atoms with Crippen LogP contribution in [0.2, 0.25) is 0 Å². The Morgan fingerprint density at radius 1 is 1.05 bits per heavy atom. The summed E-state index contributed by atoms with van der Waals surface area (Å²) in [7, 11) is 0. The van der Waals surface area contributed by atoms with E-state index in [0.717, 1.165) is 0 Å². The van der Waals surface area contributed by atoms with E-state index in [4.69, 9.17) is 0 Å². The quantitative estimate of drug-likeness (QED) is 0.174. The Bertz CT molecular complexity index is 413. The zero-order chi connectivity index (χ0) is 12.3. The van der Waals surface area contributed by atoms with Crippen LogP contribution in [0.5, 0.6) is 0 Å². The molecule has 136 valence electrons. The van der Waals surface area contributed by atoms with Crippen molar-refractivity contribution in [3.8, 4) is 0 Å². The van der Waals surface area contributed by atoms with Crippen LogP contribution in [0.15, 0.2) is 0 Å². The predicted octanol–water partition coefficient (Wildman–Crippen LogP) is -10.9. The number of hydrogen-bond donors (Lipinski definition) is 3. The van der Waals surface area contributed by atoms with E-state index >= 15 is 0 Å². The molecule has 1 heterocycles. The molecule has 0 amide bonds. The van der Waals surface area contributed by atoms with Gasteiger partial charge in [-0.25, -0.2) is 0 Å². The zero-order valence-electron chi connectivity index (χ0n) is 9.89. The fourth-order valence-corrected chi connectivity index (χ4v) is 12.5. The van der Waals surface area contributed by atoms with Crippen LogP contribution in [0, 0.1) is 0 Å². The van der Waals surface area contributed by atoms with Crippen LogP contribution in [-0.4, -0.2) is 82.9 Å². The molecule has 0 radical (unpaired) electrons. The van der Waals surface area contributed by atoms with Crippen LogP contribution in [0.1, 0.15) is 0 Å². The van der Waals surface area contributed by atoms with Gasteiger partial charge in [-0.1, -0.05) is 0 Å². The molecule has 0 aromatic carbocycles. The summed E-state index contributed by atoms with van der Waals surface area (Å²) in [6, 6.07) is 0. The zero-order valence-corrected chi connectivity index (χ0v) is 15.7. The molecule has 20 heteroatoms. The van der Waals surface area contributed by atoms with Crippen molar-refractivity contribution in [2.24, 2.45) is 11.5 Å². The minimum atomic E-state index is -5.58. The first-order valence-electron chi connectivity index (χ1n) is 2.91. The van der Waals surface area contributed by atoms with Crippen molar-refractivity contribution in [1.29, 1.82) is 0 Å². The molecule has 21 heavy (non-hydrogen) atoms. The molecule has 0 saturated carbocycles. The Balaban J connectivity index is -0.0000000357. The molecule has 1 saturated heterocycles. The molecule has 18 N–H and O–H groups in total. The Labute approximate surface area is 127 Å². The van der Waals surface area contributed by atoms with Crippen LogP contribution >= 0.6 is 0 Å². The Hall–Kier alpha value is -0.255. The maximum atomic E-state index is 10.1. The second-order valence-electron chi connectivity index (χ2n) is 1.89. The molecular formula is CH18GaN3O14Se2. The molecule has 0 unspecified atom stereocenters. The molecular weight excluding hydrogens is 506 g/mol. The van der Waals surface area contributed by atoms with Crippen molar-refractivity contribution in [2.45, 2.75) is 0 Å². The average molecular weight is 524 g/mol. The van der Waals surface area contributed by atoms with Gasteiger partial charge in [0, 0.05) is 0 Å². The number of guanidine groups is 1. The van der Waals surface area contributed by atoms with Gasteiger partial charge in [0.1, 0.15) is 0 Å². The number of rotatable bonds is 2. The summed E-state index contributed by atoms with van der Waals surface area (Å²) < 4.78 is 61.2. The first kappa shape index (κ1) is 42.8. The molecule has 0 bridgehead atoms. The summed E-state index contributed by atoms with van der Waals surface area (Å²) in [4.78, 5) is 0. The number of hydrogen-bond acceptors (Lipinski definition) is 8. The first-order valence-corrected chi connectivity index (χ1v) is 11.5. The molecule has 1 rings (SSSR count). The van der Waals surface area contributed by atoms with Gasteiger partial charge in [-0.2, -0.15) is 0 Å². The van der Waals surface area contributed by atoms with Gasteiger partial charge in [0.15, 0.2) is 0 Å². The molecule has 1 fully saturated rings. The van der Waals surface area contributed by atoms with Gasteiger partial charge in [0.2, 0.25) is 0 Å². The van der Waals surface area contributed by atoms with Gasteiger partial charge in [-0.05, 0) is 0 Å². The van der Waals surface area contributed by atoms with E-state index in [1.54, 1.807) is 0 Å². The molecule has 0 aromatic heterocycles. The normalized spacial score (nSPS) is 13.1. The average Bonchev–Trinajstić information content (AvgIpc) is 1.75. The SMILES string of the molecule is NC(N)=[NH2+].O.O.O.O.O.O.O=[Se](=O)([O-])[O][Ga]1[O][Se](=O)(=O)[O]1. The van der Waals surface area contributed by atoms with Crippen molar-refractivity contribution in [3.63, 3.8) is 0 Å². The third-order valence-corrected chi connectivity index (χ3v) is 15.9. The van der Waals surface area contributed by atoms with Crippen LogP contribution in [0.25, 0.3) is 0 Å². The summed E-state index contributed by atoms with van der Waals surface area (Å²) in [5.74, 6) is -0.0833. The van der Waals surface area contributed by atoms with Crippen LogP contribution in [-0.2, 0) is 23.2 Å². The van der Waals surface area contributed by atoms with Gasteiger partial charge in [0.05, 0.1) is 0 Å². The summed E-state index contributed by atoms with van der Waals surface area (Å²) in [6.45, 7) is 0. The van der Waals surface area contributed by atoms with E-state index in [1.807, 2.05) is 0 Å². The van der Waals surface area contributed by atoms with Gasteiger partial charge in [-0.3, -0.25) is 16.9 Å². The van der Waals surface area contributed by atoms with Crippen molar-refractivity contribution in [2.75, 3.05) is 0 Å². The summed E-state index contributed by atoms with van der Waals surface area (Å²) in [5.41, 5.74) is 9.17. The number of nitrogens with two attached hydrogens (primary N) is 3. The second kappa shape index (κ2) is 16.1. The molecule has 0 atom stereocenters. The fraction of sp³-hybridized carbons (Fsp3) is 0. The monoisotopic (exact) mass is 525 g/mol. The molecule has 1 aliphatic rings. The predicted molar refractivity (Wildman–Crippen MR) is 60.3 cm³/mol. The Morgan fingerprint density at radius 3 is 1.43 bits per heavy atom. The maximum absolute atomic E-state index is 10.1. The van der Waals surface area contributed by atoms with Crippen LogP contribution in [0.4, 0.5) is 0 Å². The van der Waals surface area contributed by atoms with E-state index in [1.165, 1.54) is 0 Å². The van der Waals surface area contributed by atoms with Crippen molar-refractivity contribution in [1.82, 2.24) is 0 Å². The van der Waals surface area contributed by atoms with Crippen LogP contribution in [0.3, 0.4) is 0 Å². The molecule has 17 nitrogen and oxygen atoms in total. The van der Waals surface area contributed by atoms with E-state index in [2.05, 4.69) is 24.7 Å². The summed E-state index contributed by atoms with van der Waals surface area (Å²) in [6.07, 6.45) is 0. The fourth-order valence-electron chi connectivity index (χ4n) is 0.328. The molecule has 0 aliphatic carbocycles. The third-order valence-electron chi connectivity index (χ3n) is 0.589. The van der Waals surface area contributed by atoms with Crippen molar-refractivity contribution < 1.29 is 65.6 Å². The Kier molecular flexibility index (Phi) is 32.9. The molecule has 0 aromatic rings.